The summed E-state index contributed by atoms with van der Waals surface area (Å²) in [4.78, 5) is 12.8. The van der Waals surface area contributed by atoms with E-state index >= 15 is 0 Å². The minimum Gasteiger partial charge on any atom is -0.480 e. The van der Waals surface area contributed by atoms with Crippen molar-refractivity contribution in [3.05, 3.63) is 29.8 Å². The van der Waals surface area contributed by atoms with Crippen LogP contribution in [-0.4, -0.2) is 30.2 Å². The number of carbonyl (C=O) groups is 1. The molecule has 0 bridgehead atoms. The summed E-state index contributed by atoms with van der Waals surface area (Å²) >= 11 is 0. The minimum atomic E-state index is -0.952. The fourth-order valence-corrected chi connectivity index (χ4v) is 1.53. The van der Waals surface area contributed by atoms with E-state index in [4.69, 9.17) is 10.8 Å². The van der Waals surface area contributed by atoms with Gasteiger partial charge in [0, 0.05) is 18.8 Å². The molecule has 1 aliphatic rings. The molecule has 4 nitrogen and oxygen atoms in total. The van der Waals surface area contributed by atoms with Crippen molar-refractivity contribution in [3.8, 4) is 0 Å². The highest BCUT2D eigenvalue weighted by atomic mass is 16.4. The Balaban J connectivity index is 2.07. The van der Waals surface area contributed by atoms with Gasteiger partial charge in [-0.25, -0.2) is 0 Å². The molecule has 1 aromatic carbocycles. The van der Waals surface area contributed by atoms with Crippen LogP contribution >= 0.6 is 0 Å². The maximum absolute atomic E-state index is 10.6. The normalized spacial score (nSPS) is 16.2. The third kappa shape index (κ3) is 2.47. The molecule has 1 fully saturated rings. The Bertz CT molecular complexity index is 375. The van der Waals surface area contributed by atoms with E-state index in [2.05, 4.69) is 4.90 Å². The van der Waals surface area contributed by atoms with E-state index in [1.54, 1.807) is 0 Å². The number of carboxylic acids is 1. The lowest BCUT2D eigenvalue weighted by Gasteiger charge is -2.08. The van der Waals surface area contributed by atoms with E-state index in [1.165, 1.54) is 0 Å². The molecule has 1 atom stereocenters. The number of aliphatic carboxylic acids is 1. The lowest BCUT2D eigenvalue weighted by molar-refractivity contribution is -0.138. The number of rotatable bonds is 4. The summed E-state index contributed by atoms with van der Waals surface area (Å²) in [6, 6.07) is 7.08. The maximum atomic E-state index is 10.6. The summed E-state index contributed by atoms with van der Waals surface area (Å²) in [5, 5.41) is 8.70. The van der Waals surface area contributed by atoms with Gasteiger partial charge in [0.25, 0.3) is 0 Å². The van der Waals surface area contributed by atoms with Crippen molar-refractivity contribution in [2.24, 2.45) is 5.73 Å². The van der Waals surface area contributed by atoms with Gasteiger partial charge < -0.3 is 15.7 Å². The van der Waals surface area contributed by atoms with Crippen molar-refractivity contribution in [1.82, 2.24) is 0 Å². The monoisotopic (exact) mass is 206 g/mol. The number of nitrogens with zero attached hydrogens (tertiary/aromatic N) is 1. The molecule has 0 saturated carbocycles. The molecule has 0 spiro atoms. The second-order valence-electron chi connectivity index (χ2n) is 3.81. The topological polar surface area (TPSA) is 66.3 Å². The first-order chi connectivity index (χ1) is 7.16. The van der Waals surface area contributed by atoms with E-state index in [1.807, 2.05) is 24.3 Å². The van der Waals surface area contributed by atoms with E-state index in [0.29, 0.717) is 6.42 Å². The summed E-state index contributed by atoms with van der Waals surface area (Å²) < 4.78 is 0. The Hall–Kier alpha value is -1.55. The molecule has 1 aromatic rings. The summed E-state index contributed by atoms with van der Waals surface area (Å²) in [6.45, 7) is 2.18. The molecule has 1 saturated heterocycles. The smallest absolute Gasteiger partial charge is 0.320 e. The number of anilines is 1. The Labute approximate surface area is 88.3 Å². The third-order valence-corrected chi connectivity index (χ3v) is 2.50. The molecule has 15 heavy (non-hydrogen) atoms. The molecule has 1 unspecified atom stereocenters. The first kappa shape index (κ1) is 9.98. The van der Waals surface area contributed by atoms with Gasteiger partial charge in [0.15, 0.2) is 0 Å². The molecule has 1 aliphatic heterocycles. The quantitative estimate of drug-likeness (QED) is 0.702. The van der Waals surface area contributed by atoms with Crippen LogP contribution in [0, 0.1) is 0 Å². The second-order valence-corrected chi connectivity index (χ2v) is 3.81. The molecular weight excluding hydrogens is 192 g/mol. The summed E-state index contributed by atoms with van der Waals surface area (Å²) in [5.41, 5.74) is 7.62. The standard InChI is InChI=1S/C11H14N2O2/c12-10(11(14)15)7-8-2-1-3-9(6-8)13-4-5-13/h1-3,6,10H,4-5,7,12H2,(H,14,15). The predicted molar refractivity (Wildman–Crippen MR) is 58.0 cm³/mol. The van der Waals surface area contributed by atoms with Crippen LogP contribution < -0.4 is 10.6 Å². The number of hydrogen-bond donors (Lipinski definition) is 2. The number of hydrogen-bond acceptors (Lipinski definition) is 3. The Kier molecular flexibility index (Phi) is 2.60. The molecule has 4 heteroatoms. The highest BCUT2D eigenvalue weighted by Gasteiger charge is 2.18. The zero-order chi connectivity index (χ0) is 10.8. The maximum Gasteiger partial charge on any atom is 0.320 e. The molecule has 0 aromatic heterocycles. The minimum absolute atomic E-state index is 0.386. The first-order valence-corrected chi connectivity index (χ1v) is 4.99. The van der Waals surface area contributed by atoms with E-state index in [-0.39, 0.29) is 0 Å². The van der Waals surface area contributed by atoms with Crippen LogP contribution in [0.25, 0.3) is 0 Å². The van der Waals surface area contributed by atoms with Crippen LogP contribution in [0.2, 0.25) is 0 Å². The molecule has 2 rings (SSSR count). The average Bonchev–Trinajstić information content (AvgIpc) is 3.01. The number of nitrogens with two attached hydrogens (primary N) is 1. The van der Waals surface area contributed by atoms with Gasteiger partial charge in [0.2, 0.25) is 0 Å². The van der Waals surface area contributed by atoms with Gasteiger partial charge in [0.05, 0.1) is 0 Å². The van der Waals surface area contributed by atoms with Gasteiger partial charge in [-0.1, -0.05) is 12.1 Å². The summed E-state index contributed by atoms with van der Waals surface area (Å²) in [6.07, 6.45) is 0.386. The van der Waals surface area contributed by atoms with Crippen LogP contribution in [0.3, 0.4) is 0 Å². The Morgan fingerprint density at radius 1 is 1.53 bits per heavy atom. The van der Waals surface area contributed by atoms with E-state index in [9.17, 15) is 4.79 Å². The van der Waals surface area contributed by atoms with Gasteiger partial charge in [0.1, 0.15) is 6.04 Å². The molecule has 0 radical (unpaired) electrons. The van der Waals surface area contributed by atoms with Crippen molar-refractivity contribution >= 4 is 11.7 Å². The highest BCUT2D eigenvalue weighted by Crippen LogP contribution is 2.22. The van der Waals surface area contributed by atoms with Crippen molar-refractivity contribution in [2.45, 2.75) is 12.5 Å². The van der Waals surface area contributed by atoms with Crippen molar-refractivity contribution < 1.29 is 9.90 Å². The number of carboxylic acid groups (broad SMARTS) is 1. The zero-order valence-corrected chi connectivity index (χ0v) is 8.39. The first-order valence-electron chi connectivity index (χ1n) is 4.99. The fourth-order valence-electron chi connectivity index (χ4n) is 1.53. The van der Waals surface area contributed by atoms with E-state index in [0.717, 1.165) is 24.3 Å². The van der Waals surface area contributed by atoms with E-state index < -0.39 is 12.0 Å². The largest absolute Gasteiger partial charge is 0.480 e. The average molecular weight is 206 g/mol. The van der Waals surface area contributed by atoms with Crippen molar-refractivity contribution in [1.29, 1.82) is 0 Å². The van der Waals surface area contributed by atoms with Gasteiger partial charge in [-0.3, -0.25) is 4.79 Å². The lowest BCUT2D eigenvalue weighted by atomic mass is 10.1. The molecule has 1 heterocycles. The van der Waals surface area contributed by atoms with Crippen LogP contribution in [-0.2, 0) is 11.2 Å². The van der Waals surface area contributed by atoms with Crippen molar-refractivity contribution in [3.63, 3.8) is 0 Å². The summed E-state index contributed by atoms with van der Waals surface area (Å²) in [7, 11) is 0. The fraction of sp³-hybridized carbons (Fsp3) is 0.364. The summed E-state index contributed by atoms with van der Waals surface area (Å²) in [5.74, 6) is -0.952. The van der Waals surface area contributed by atoms with Gasteiger partial charge in [-0.2, -0.15) is 0 Å². The molecular formula is C11H14N2O2. The van der Waals surface area contributed by atoms with Gasteiger partial charge >= 0.3 is 5.97 Å². The molecule has 0 amide bonds. The second kappa shape index (κ2) is 3.90. The Morgan fingerprint density at radius 2 is 2.27 bits per heavy atom. The van der Waals surface area contributed by atoms with Crippen LogP contribution in [0.1, 0.15) is 5.56 Å². The SMILES string of the molecule is NC(Cc1cccc(N2CC2)c1)C(=O)O. The Morgan fingerprint density at radius 3 is 2.87 bits per heavy atom. The van der Waals surface area contributed by atoms with Crippen LogP contribution in [0.5, 0.6) is 0 Å². The molecule has 3 N–H and O–H groups in total. The van der Waals surface area contributed by atoms with Crippen LogP contribution in [0.15, 0.2) is 24.3 Å². The zero-order valence-electron chi connectivity index (χ0n) is 8.39. The predicted octanol–water partition coefficient (Wildman–Crippen LogP) is 0.461. The van der Waals surface area contributed by atoms with Crippen molar-refractivity contribution in [2.75, 3.05) is 18.0 Å². The number of benzene rings is 1. The molecule has 80 valence electrons. The molecule has 0 aliphatic carbocycles. The lowest BCUT2D eigenvalue weighted by Crippen LogP contribution is -2.32. The van der Waals surface area contributed by atoms with Gasteiger partial charge in [-0.05, 0) is 24.1 Å². The van der Waals surface area contributed by atoms with Crippen LogP contribution in [0.4, 0.5) is 5.69 Å². The van der Waals surface area contributed by atoms with Gasteiger partial charge in [-0.15, -0.1) is 0 Å². The highest BCUT2D eigenvalue weighted by molar-refractivity contribution is 5.73. The third-order valence-electron chi connectivity index (χ3n) is 2.50.